The van der Waals surface area contributed by atoms with Gasteiger partial charge in [-0.2, -0.15) is 0 Å². The molecule has 5 heteroatoms. The lowest BCUT2D eigenvalue weighted by Gasteiger charge is -2.21. The molecule has 124 valence electrons. The molecule has 1 aromatic carbocycles. The molecule has 0 N–H and O–H groups in total. The van der Waals surface area contributed by atoms with Crippen molar-refractivity contribution >= 4 is 59.4 Å². The summed E-state index contributed by atoms with van der Waals surface area (Å²) in [5.41, 5.74) is 2.66. The molecule has 0 aromatic heterocycles. The highest BCUT2D eigenvalue weighted by molar-refractivity contribution is 9.28. The molecule has 0 fully saturated rings. The third-order valence-corrected chi connectivity index (χ3v) is 5.32. The lowest BCUT2D eigenvalue weighted by molar-refractivity contribution is -0.114. The van der Waals surface area contributed by atoms with Gasteiger partial charge in [0.1, 0.15) is 0 Å². The summed E-state index contributed by atoms with van der Waals surface area (Å²) >= 11 is 10.4. The third-order valence-electron chi connectivity index (χ3n) is 3.98. The van der Waals surface area contributed by atoms with Gasteiger partial charge in [-0.3, -0.25) is 9.69 Å². The quantitative estimate of drug-likeness (QED) is 0.412. The molecule has 2 rings (SSSR count). The van der Waals surface area contributed by atoms with Gasteiger partial charge < -0.3 is 0 Å². The van der Waals surface area contributed by atoms with Gasteiger partial charge in [-0.15, -0.1) is 0 Å². The first-order valence-electron chi connectivity index (χ1n) is 7.86. The maximum absolute atomic E-state index is 13.1. The van der Waals surface area contributed by atoms with Crippen molar-refractivity contribution < 1.29 is 4.79 Å². The van der Waals surface area contributed by atoms with E-state index >= 15 is 0 Å². The van der Waals surface area contributed by atoms with Gasteiger partial charge in [0.2, 0.25) is 0 Å². The zero-order valence-corrected chi connectivity index (χ0v) is 18.0. The molecule has 1 aliphatic rings. The van der Waals surface area contributed by atoms with Crippen molar-refractivity contribution in [3.8, 4) is 0 Å². The van der Waals surface area contributed by atoms with Gasteiger partial charge in [0.25, 0.3) is 5.91 Å². The van der Waals surface area contributed by atoms with E-state index in [-0.39, 0.29) is 5.91 Å². The Labute approximate surface area is 163 Å². The summed E-state index contributed by atoms with van der Waals surface area (Å²) in [6, 6.07) is 7.82. The fourth-order valence-electron chi connectivity index (χ4n) is 2.94. The number of hydrogen-bond donors (Lipinski definition) is 0. The van der Waals surface area contributed by atoms with Gasteiger partial charge in [-0.1, -0.05) is 42.6 Å². The molecule has 0 saturated heterocycles. The average Bonchev–Trinajstić information content (AvgIpc) is 2.86. The van der Waals surface area contributed by atoms with Gasteiger partial charge >= 0.3 is 0 Å². The minimum Gasteiger partial charge on any atom is -0.276 e. The lowest BCUT2D eigenvalue weighted by Crippen LogP contribution is -2.27. The summed E-state index contributed by atoms with van der Waals surface area (Å²) in [5.74, 6) is 0.415. The van der Waals surface area contributed by atoms with Crippen molar-refractivity contribution in [2.24, 2.45) is 5.92 Å². The number of rotatable bonds is 6. The van der Waals surface area contributed by atoms with Gasteiger partial charge in [0, 0.05) is 15.7 Å². The monoisotopic (exact) mass is 503 g/mol. The van der Waals surface area contributed by atoms with Gasteiger partial charge in [-0.25, -0.2) is 0 Å². The summed E-state index contributed by atoms with van der Waals surface area (Å²) in [6.45, 7) is 4.35. The molecule has 0 bridgehead atoms. The Morgan fingerprint density at radius 2 is 1.65 bits per heavy atom. The average molecular weight is 506 g/mol. The van der Waals surface area contributed by atoms with E-state index in [1.807, 2.05) is 30.3 Å². The Kier molecular flexibility index (Phi) is 7.11. The highest BCUT2D eigenvalue weighted by atomic mass is 79.9. The second-order valence-electron chi connectivity index (χ2n) is 5.64. The van der Waals surface area contributed by atoms with Crippen LogP contribution in [0.2, 0.25) is 0 Å². The van der Waals surface area contributed by atoms with E-state index in [2.05, 4.69) is 61.6 Å². The van der Waals surface area contributed by atoms with Crippen LogP contribution >= 0.6 is 47.8 Å². The summed E-state index contributed by atoms with van der Waals surface area (Å²) < 4.78 is 1.79. The molecule has 1 amide bonds. The highest BCUT2D eigenvalue weighted by Gasteiger charge is 2.34. The van der Waals surface area contributed by atoms with E-state index in [0.29, 0.717) is 5.92 Å². The number of anilines is 1. The topological polar surface area (TPSA) is 20.3 Å². The molecular formula is C18H20Br3NO. The van der Waals surface area contributed by atoms with E-state index in [1.54, 1.807) is 4.90 Å². The van der Waals surface area contributed by atoms with Crippen LogP contribution in [0.15, 0.2) is 49.5 Å². The second-order valence-corrected chi connectivity index (χ2v) is 9.20. The van der Waals surface area contributed by atoms with Crippen LogP contribution < -0.4 is 4.90 Å². The Bertz CT molecular complexity index is 624. The first-order valence-corrected chi connectivity index (χ1v) is 10.2. The van der Waals surface area contributed by atoms with Crippen LogP contribution in [0, 0.1) is 5.92 Å². The smallest absolute Gasteiger partial charge is 0.259 e. The highest BCUT2D eigenvalue weighted by Crippen LogP contribution is 2.39. The zero-order chi connectivity index (χ0) is 17.0. The summed E-state index contributed by atoms with van der Waals surface area (Å²) in [6.07, 6.45) is 6.29. The Morgan fingerprint density at radius 3 is 2.13 bits per heavy atom. The van der Waals surface area contributed by atoms with Crippen LogP contribution in [0.4, 0.5) is 5.69 Å². The van der Waals surface area contributed by atoms with Crippen LogP contribution in [-0.2, 0) is 4.79 Å². The molecule has 1 aliphatic heterocycles. The normalized spacial score (nSPS) is 14.7. The van der Waals surface area contributed by atoms with Crippen LogP contribution in [0.3, 0.4) is 0 Å². The van der Waals surface area contributed by atoms with E-state index < -0.39 is 0 Å². The molecule has 0 aliphatic carbocycles. The van der Waals surface area contributed by atoms with E-state index in [9.17, 15) is 4.79 Å². The Morgan fingerprint density at radius 1 is 1.09 bits per heavy atom. The largest absolute Gasteiger partial charge is 0.276 e. The van der Waals surface area contributed by atoms with Crippen molar-refractivity contribution in [3.63, 3.8) is 0 Å². The predicted octanol–water partition coefficient (Wildman–Crippen LogP) is 6.90. The number of allylic oxidation sites excluding steroid dienone is 1. The number of hydrogen-bond acceptors (Lipinski definition) is 1. The van der Waals surface area contributed by atoms with E-state index in [1.165, 1.54) is 0 Å². The molecule has 0 spiro atoms. The predicted molar refractivity (Wildman–Crippen MR) is 108 cm³/mol. The Hall–Kier alpha value is -0.390. The van der Waals surface area contributed by atoms with Crippen LogP contribution in [0.25, 0.3) is 0 Å². The molecule has 1 heterocycles. The standard InChI is InChI=1S/C18H20Br3NO/c1-3-5-12(6-4-2)15-11-16(17(20)21)22(18(15)23)14-9-7-13(19)8-10-14/h7-12H,3-6H2,1-2H3. The van der Waals surface area contributed by atoms with Crippen molar-refractivity contribution in [1.82, 2.24) is 0 Å². The molecular weight excluding hydrogens is 486 g/mol. The molecule has 2 nitrogen and oxygen atoms in total. The minimum atomic E-state index is 0.0885. The SMILES string of the molecule is CCCC(CCC)C1=CC(=C(Br)Br)N(c2ccc(Br)cc2)C1=O. The lowest BCUT2D eigenvalue weighted by atomic mass is 9.90. The van der Waals surface area contributed by atoms with Crippen molar-refractivity contribution in [2.45, 2.75) is 39.5 Å². The minimum absolute atomic E-state index is 0.0885. The number of carbonyl (C=O) groups is 1. The maximum Gasteiger partial charge on any atom is 0.259 e. The van der Waals surface area contributed by atoms with E-state index in [4.69, 9.17) is 0 Å². The van der Waals surface area contributed by atoms with E-state index in [0.717, 1.165) is 50.5 Å². The first-order chi connectivity index (χ1) is 11.0. The van der Waals surface area contributed by atoms with Gasteiger partial charge in [0.15, 0.2) is 0 Å². The molecule has 0 atom stereocenters. The maximum atomic E-state index is 13.1. The number of nitrogens with zero attached hydrogens (tertiary/aromatic N) is 1. The zero-order valence-electron chi connectivity index (χ0n) is 13.3. The van der Waals surface area contributed by atoms with Crippen molar-refractivity contribution in [1.29, 1.82) is 0 Å². The molecule has 23 heavy (non-hydrogen) atoms. The third kappa shape index (κ3) is 4.37. The van der Waals surface area contributed by atoms with Gasteiger partial charge in [0.05, 0.1) is 9.09 Å². The van der Waals surface area contributed by atoms with Crippen molar-refractivity contribution in [3.05, 3.63) is 49.5 Å². The second kappa shape index (κ2) is 8.63. The molecule has 0 saturated carbocycles. The first kappa shape index (κ1) is 18.9. The molecule has 0 radical (unpaired) electrons. The van der Waals surface area contributed by atoms with Crippen molar-refractivity contribution in [2.75, 3.05) is 4.90 Å². The summed E-state index contributed by atoms with van der Waals surface area (Å²) in [4.78, 5) is 14.8. The van der Waals surface area contributed by atoms with Gasteiger partial charge in [-0.05, 0) is 81.0 Å². The number of carbonyl (C=O) groups excluding carboxylic acids is 1. The number of halogens is 3. The van der Waals surface area contributed by atoms with Crippen LogP contribution in [0.5, 0.6) is 0 Å². The number of benzene rings is 1. The number of amides is 1. The van der Waals surface area contributed by atoms with Crippen LogP contribution in [0.1, 0.15) is 39.5 Å². The Balaban J connectivity index is 2.41. The summed E-state index contributed by atoms with van der Waals surface area (Å²) in [7, 11) is 0. The van der Waals surface area contributed by atoms with Crippen LogP contribution in [-0.4, -0.2) is 5.91 Å². The summed E-state index contributed by atoms with van der Waals surface area (Å²) in [5, 5.41) is 0. The molecule has 0 unspecified atom stereocenters. The fourth-order valence-corrected chi connectivity index (χ4v) is 3.79. The molecule has 1 aromatic rings. The fraction of sp³-hybridized carbons (Fsp3) is 0.389.